The van der Waals surface area contributed by atoms with Crippen LogP contribution in [0.4, 0.5) is 0 Å². The maximum Gasteiger partial charge on any atom is 0.341 e. The van der Waals surface area contributed by atoms with Gasteiger partial charge in [0, 0.05) is 5.02 Å². The van der Waals surface area contributed by atoms with Crippen LogP contribution in [0.5, 0.6) is 0 Å². The largest absolute Gasteiger partial charge is 0.477 e. The van der Waals surface area contributed by atoms with E-state index in [0.29, 0.717) is 10.6 Å². The van der Waals surface area contributed by atoms with Gasteiger partial charge < -0.3 is 5.11 Å². The molecule has 1 rings (SSSR count). The molecule has 0 unspecified atom stereocenters. The summed E-state index contributed by atoms with van der Waals surface area (Å²) in [6.07, 6.45) is 1.41. The minimum Gasteiger partial charge on any atom is -0.477 e. The van der Waals surface area contributed by atoms with Gasteiger partial charge in [0.1, 0.15) is 0 Å². The number of carboxylic acid groups (broad SMARTS) is 1. The topological polar surface area (TPSA) is 37.3 Å². The van der Waals surface area contributed by atoms with Gasteiger partial charge >= 0.3 is 5.97 Å². The number of carboxylic acids is 1. The summed E-state index contributed by atoms with van der Waals surface area (Å²) in [5.74, 6) is -1.07. The molecule has 0 radical (unpaired) electrons. The van der Waals surface area contributed by atoms with Crippen LogP contribution in [0.2, 0.25) is 5.02 Å². The summed E-state index contributed by atoms with van der Waals surface area (Å²) in [7, 11) is 0. The number of hydrogen-bond acceptors (Lipinski definition) is 2. The standard InChI is InChI=1S/C9H7ClO2S/c10-7-4-2-1-3-6(7)5-8(13)9(11)12/h1-5,13H,(H,11,12)/b8-5-. The lowest BCUT2D eigenvalue weighted by Crippen LogP contribution is -1.93. The lowest BCUT2D eigenvalue weighted by atomic mass is 10.2. The number of rotatable bonds is 2. The number of halogens is 1. The van der Waals surface area contributed by atoms with Gasteiger partial charge in [-0.25, -0.2) is 4.79 Å². The molecular formula is C9H7ClO2S. The Morgan fingerprint density at radius 1 is 1.46 bits per heavy atom. The highest BCUT2D eigenvalue weighted by Gasteiger charge is 2.02. The highest BCUT2D eigenvalue weighted by atomic mass is 35.5. The molecule has 0 spiro atoms. The van der Waals surface area contributed by atoms with Crippen LogP contribution in [-0.4, -0.2) is 11.1 Å². The first-order chi connectivity index (χ1) is 6.11. The third-order valence-electron chi connectivity index (χ3n) is 1.42. The van der Waals surface area contributed by atoms with Gasteiger partial charge in [0.15, 0.2) is 0 Å². The second-order valence-corrected chi connectivity index (χ2v) is 3.25. The second kappa shape index (κ2) is 4.35. The van der Waals surface area contributed by atoms with Crippen molar-refractivity contribution in [1.29, 1.82) is 0 Å². The molecule has 0 aromatic heterocycles. The molecule has 0 aliphatic carbocycles. The van der Waals surface area contributed by atoms with Gasteiger partial charge in [-0.2, -0.15) is 0 Å². The van der Waals surface area contributed by atoms with Gasteiger partial charge in [-0.1, -0.05) is 29.8 Å². The van der Waals surface area contributed by atoms with Crippen molar-refractivity contribution in [2.24, 2.45) is 0 Å². The van der Waals surface area contributed by atoms with E-state index in [4.69, 9.17) is 16.7 Å². The van der Waals surface area contributed by atoms with Crippen molar-refractivity contribution >= 4 is 36.3 Å². The van der Waals surface area contributed by atoms with Crippen molar-refractivity contribution in [3.05, 3.63) is 39.8 Å². The molecule has 0 heterocycles. The fourth-order valence-corrected chi connectivity index (χ4v) is 1.13. The molecule has 0 bridgehead atoms. The maximum absolute atomic E-state index is 10.4. The zero-order valence-corrected chi connectivity index (χ0v) is 8.22. The predicted molar refractivity (Wildman–Crippen MR) is 56.1 cm³/mol. The van der Waals surface area contributed by atoms with E-state index in [9.17, 15) is 4.79 Å². The Morgan fingerprint density at radius 3 is 2.62 bits per heavy atom. The van der Waals surface area contributed by atoms with Crippen LogP contribution in [0.25, 0.3) is 6.08 Å². The molecule has 0 saturated carbocycles. The predicted octanol–water partition coefficient (Wildman–Crippen LogP) is 2.70. The summed E-state index contributed by atoms with van der Waals surface area (Å²) < 4.78 is 0. The molecule has 1 N–H and O–H groups in total. The summed E-state index contributed by atoms with van der Waals surface area (Å²) in [6.45, 7) is 0. The normalized spacial score (nSPS) is 11.4. The van der Waals surface area contributed by atoms with Crippen molar-refractivity contribution in [3.8, 4) is 0 Å². The van der Waals surface area contributed by atoms with Gasteiger partial charge in [-0.05, 0) is 17.7 Å². The van der Waals surface area contributed by atoms with Gasteiger partial charge in [-0.15, -0.1) is 12.6 Å². The highest BCUT2D eigenvalue weighted by Crippen LogP contribution is 2.19. The van der Waals surface area contributed by atoms with Gasteiger partial charge in [0.05, 0.1) is 4.91 Å². The Bertz CT molecular complexity index is 360. The number of hydrogen-bond donors (Lipinski definition) is 2. The smallest absolute Gasteiger partial charge is 0.341 e. The summed E-state index contributed by atoms with van der Waals surface area (Å²) in [5.41, 5.74) is 0.650. The zero-order chi connectivity index (χ0) is 9.84. The van der Waals surface area contributed by atoms with Crippen LogP contribution < -0.4 is 0 Å². The molecule has 0 aliphatic heterocycles. The lowest BCUT2D eigenvalue weighted by Gasteiger charge is -1.97. The minimum absolute atomic E-state index is 0.0342. The van der Waals surface area contributed by atoms with Crippen molar-refractivity contribution in [2.45, 2.75) is 0 Å². The second-order valence-electron chi connectivity index (χ2n) is 2.36. The number of carbonyl (C=O) groups is 1. The maximum atomic E-state index is 10.4. The van der Waals surface area contributed by atoms with Crippen LogP contribution >= 0.6 is 24.2 Å². The summed E-state index contributed by atoms with van der Waals surface area (Å²) >= 11 is 9.59. The fourth-order valence-electron chi connectivity index (χ4n) is 0.801. The third kappa shape index (κ3) is 2.79. The Balaban J connectivity index is 3.04. The zero-order valence-electron chi connectivity index (χ0n) is 6.57. The molecule has 0 aliphatic rings. The van der Waals surface area contributed by atoms with E-state index < -0.39 is 5.97 Å². The molecule has 0 saturated heterocycles. The van der Waals surface area contributed by atoms with E-state index in [1.165, 1.54) is 6.08 Å². The van der Waals surface area contributed by atoms with E-state index >= 15 is 0 Å². The SMILES string of the molecule is O=C(O)/C(S)=C/c1ccccc1Cl. The average molecular weight is 215 g/mol. The number of thiol groups is 1. The number of aliphatic carboxylic acids is 1. The molecule has 13 heavy (non-hydrogen) atoms. The third-order valence-corrected chi connectivity index (χ3v) is 2.08. The molecule has 1 aromatic rings. The number of benzene rings is 1. The molecule has 2 nitrogen and oxygen atoms in total. The fraction of sp³-hybridized carbons (Fsp3) is 0. The van der Waals surface area contributed by atoms with E-state index in [2.05, 4.69) is 12.6 Å². The van der Waals surface area contributed by atoms with Crippen molar-refractivity contribution in [1.82, 2.24) is 0 Å². The van der Waals surface area contributed by atoms with E-state index in [1.807, 2.05) is 0 Å². The molecule has 0 atom stereocenters. The molecular weight excluding hydrogens is 208 g/mol. The summed E-state index contributed by atoms with van der Waals surface area (Å²) in [5, 5.41) is 9.06. The quantitative estimate of drug-likeness (QED) is 0.587. The Morgan fingerprint density at radius 2 is 2.08 bits per heavy atom. The first-order valence-electron chi connectivity index (χ1n) is 3.50. The van der Waals surface area contributed by atoms with Gasteiger partial charge in [0.25, 0.3) is 0 Å². The average Bonchev–Trinajstić information content (AvgIpc) is 2.08. The Kier molecular flexibility index (Phi) is 3.39. The van der Waals surface area contributed by atoms with Gasteiger partial charge in [-0.3, -0.25) is 0 Å². The van der Waals surface area contributed by atoms with Crippen LogP contribution in [-0.2, 0) is 4.79 Å². The van der Waals surface area contributed by atoms with E-state index in [-0.39, 0.29) is 4.91 Å². The minimum atomic E-state index is -1.07. The van der Waals surface area contributed by atoms with Crippen LogP contribution in [0.3, 0.4) is 0 Å². The Labute approximate surface area is 86.3 Å². The van der Waals surface area contributed by atoms with Crippen molar-refractivity contribution in [2.75, 3.05) is 0 Å². The van der Waals surface area contributed by atoms with Crippen molar-refractivity contribution in [3.63, 3.8) is 0 Å². The molecule has 4 heteroatoms. The van der Waals surface area contributed by atoms with Crippen LogP contribution in [0.1, 0.15) is 5.56 Å². The monoisotopic (exact) mass is 214 g/mol. The molecule has 1 aromatic carbocycles. The molecule has 68 valence electrons. The van der Waals surface area contributed by atoms with Gasteiger partial charge in [0.2, 0.25) is 0 Å². The summed E-state index contributed by atoms with van der Waals surface area (Å²) in [4.78, 5) is 10.4. The van der Waals surface area contributed by atoms with Crippen LogP contribution in [0, 0.1) is 0 Å². The van der Waals surface area contributed by atoms with Crippen molar-refractivity contribution < 1.29 is 9.90 Å². The van der Waals surface area contributed by atoms with E-state index in [1.54, 1.807) is 24.3 Å². The molecule has 0 amide bonds. The molecule has 0 fully saturated rings. The van der Waals surface area contributed by atoms with E-state index in [0.717, 1.165) is 0 Å². The Hall–Kier alpha value is -0.930. The highest BCUT2D eigenvalue weighted by molar-refractivity contribution is 7.85. The summed E-state index contributed by atoms with van der Waals surface area (Å²) in [6, 6.07) is 6.97. The lowest BCUT2D eigenvalue weighted by molar-refractivity contribution is -0.131. The first-order valence-corrected chi connectivity index (χ1v) is 4.32. The first kappa shape index (κ1) is 10.2. The van der Waals surface area contributed by atoms with Crippen LogP contribution in [0.15, 0.2) is 29.2 Å².